The summed E-state index contributed by atoms with van der Waals surface area (Å²) >= 11 is 0. The molecule has 166 valence electrons. The van der Waals surface area contributed by atoms with Crippen molar-refractivity contribution in [3.8, 4) is 0 Å². The molecule has 30 heavy (non-hydrogen) atoms. The van der Waals surface area contributed by atoms with Gasteiger partial charge in [-0.1, -0.05) is 6.07 Å². The molecule has 2 fully saturated rings. The van der Waals surface area contributed by atoms with Crippen molar-refractivity contribution in [1.29, 1.82) is 0 Å². The summed E-state index contributed by atoms with van der Waals surface area (Å²) in [7, 11) is 0. The first-order chi connectivity index (χ1) is 14.7. The van der Waals surface area contributed by atoms with E-state index in [1.165, 1.54) is 0 Å². The van der Waals surface area contributed by atoms with E-state index in [-0.39, 0.29) is 0 Å². The lowest BCUT2D eigenvalue weighted by Crippen LogP contribution is -2.38. The zero-order valence-corrected chi connectivity index (χ0v) is 17.1. The molecule has 2 aliphatic heterocycles. The summed E-state index contributed by atoms with van der Waals surface area (Å²) < 4.78 is 21.0. The third-order valence-corrected chi connectivity index (χ3v) is 4.84. The fraction of sp³-hybridized carbons (Fsp3) is 0.600. The lowest BCUT2D eigenvalue weighted by molar-refractivity contribution is 0.0288. The number of carbonyl (C=O) groups excluding carboxylic acids is 2. The summed E-state index contributed by atoms with van der Waals surface area (Å²) in [6.07, 6.45) is -1.07. The summed E-state index contributed by atoms with van der Waals surface area (Å²) in [6, 6.07) is 6.81. The summed E-state index contributed by atoms with van der Waals surface area (Å²) in [5.41, 5.74) is 1.05. The number of carbonyl (C=O) groups is 2. The van der Waals surface area contributed by atoms with Crippen molar-refractivity contribution in [3.63, 3.8) is 0 Å². The number of amides is 2. The normalized spacial score (nSPS) is 17.9. The van der Waals surface area contributed by atoms with Crippen LogP contribution in [0.1, 0.15) is 0 Å². The van der Waals surface area contributed by atoms with Gasteiger partial charge >= 0.3 is 12.2 Å². The number of ether oxygens (including phenoxy) is 4. The second-order valence-corrected chi connectivity index (χ2v) is 7.01. The molecule has 0 aliphatic carbocycles. The fourth-order valence-electron chi connectivity index (χ4n) is 3.17. The molecule has 0 atom stereocenters. The number of morpholine rings is 2. The van der Waals surface area contributed by atoms with Gasteiger partial charge in [0.15, 0.2) is 0 Å². The van der Waals surface area contributed by atoms with Crippen molar-refractivity contribution < 1.29 is 28.5 Å². The van der Waals surface area contributed by atoms with E-state index in [0.29, 0.717) is 64.1 Å². The molecular formula is C20H30N4O6. The van der Waals surface area contributed by atoms with Gasteiger partial charge in [0, 0.05) is 50.6 Å². The third kappa shape index (κ3) is 8.15. The van der Waals surface area contributed by atoms with Crippen LogP contribution in [0.15, 0.2) is 24.3 Å². The largest absolute Gasteiger partial charge is 0.448 e. The van der Waals surface area contributed by atoms with Crippen molar-refractivity contribution in [3.05, 3.63) is 24.3 Å². The highest BCUT2D eigenvalue weighted by atomic mass is 16.6. The second-order valence-electron chi connectivity index (χ2n) is 7.01. The van der Waals surface area contributed by atoms with E-state index in [2.05, 4.69) is 20.4 Å². The number of nitrogens with one attached hydrogen (secondary N) is 2. The predicted molar refractivity (Wildman–Crippen MR) is 111 cm³/mol. The van der Waals surface area contributed by atoms with Gasteiger partial charge in [0.05, 0.1) is 26.4 Å². The first-order valence-electron chi connectivity index (χ1n) is 10.3. The number of benzene rings is 1. The van der Waals surface area contributed by atoms with Crippen LogP contribution >= 0.6 is 0 Å². The highest BCUT2D eigenvalue weighted by Gasteiger charge is 2.13. The number of anilines is 2. The van der Waals surface area contributed by atoms with Crippen LogP contribution in [0.25, 0.3) is 0 Å². The zero-order valence-electron chi connectivity index (χ0n) is 17.1. The third-order valence-electron chi connectivity index (χ3n) is 4.84. The van der Waals surface area contributed by atoms with Crippen molar-refractivity contribution in [2.24, 2.45) is 0 Å². The van der Waals surface area contributed by atoms with E-state index in [0.717, 1.165) is 26.2 Å². The summed E-state index contributed by atoms with van der Waals surface area (Å²) in [4.78, 5) is 28.3. The molecule has 2 saturated heterocycles. The maximum absolute atomic E-state index is 12.0. The van der Waals surface area contributed by atoms with Crippen molar-refractivity contribution >= 4 is 23.6 Å². The molecular weight excluding hydrogens is 392 g/mol. The van der Waals surface area contributed by atoms with Crippen LogP contribution in [0.2, 0.25) is 0 Å². The summed E-state index contributed by atoms with van der Waals surface area (Å²) in [5, 5.41) is 5.33. The van der Waals surface area contributed by atoms with Gasteiger partial charge in [0.1, 0.15) is 13.2 Å². The predicted octanol–water partition coefficient (Wildman–Crippen LogP) is 1.45. The molecule has 0 unspecified atom stereocenters. The van der Waals surface area contributed by atoms with Gasteiger partial charge in [-0.15, -0.1) is 0 Å². The number of hydrogen-bond acceptors (Lipinski definition) is 8. The zero-order chi connectivity index (χ0) is 21.0. The van der Waals surface area contributed by atoms with Gasteiger partial charge in [0.25, 0.3) is 0 Å². The maximum atomic E-state index is 12.0. The number of hydrogen-bond donors (Lipinski definition) is 2. The molecule has 0 bridgehead atoms. The van der Waals surface area contributed by atoms with Gasteiger partial charge < -0.3 is 18.9 Å². The Morgan fingerprint density at radius 1 is 0.800 bits per heavy atom. The molecule has 2 amide bonds. The Labute approximate surface area is 176 Å². The van der Waals surface area contributed by atoms with Gasteiger partial charge in [0.2, 0.25) is 0 Å². The lowest BCUT2D eigenvalue weighted by atomic mass is 10.3. The van der Waals surface area contributed by atoms with Crippen LogP contribution < -0.4 is 10.6 Å². The molecule has 3 rings (SSSR count). The second kappa shape index (κ2) is 12.3. The van der Waals surface area contributed by atoms with E-state index < -0.39 is 12.2 Å². The first-order valence-corrected chi connectivity index (χ1v) is 10.3. The SMILES string of the molecule is O=C(Nc1cccc(NC(=O)OCCN2CCOCC2)c1)OCCN1CCOCC1. The van der Waals surface area contributed by atoms with E-state index in [1.807, 2.05) is 0 Å². The molecule has 1 aromatic carbocycles. The van der Waals surface area contributed by atoms with Crippen LogP contribution in [0.3, 0.4) is 0 Å². The Kier molecular flexibility index (Phi) is 9.16. The highest BCUT2D eigenvalue weighted by Crippen LogP contribution is 2.15. The van der Waals surface area contributed by atoms with E-state index >= 15 is 0 Å². The number of nitrogens with zero attached hydrogens (tertiary/aromatic N) is 2. The van der Waals surface area contributed by atoms with Gasteiger partial charge in [-0.3, -0.25) is 20.4 Å². The number of rotatable bonds is 8. The highest BCUT2D eigenvalue weighted by molar-refractivity contribution is 5.88. The molecule has 2 N–H and O–H groups in total. The minimum Gasteiger partial charge on any atom is -0.448 e. The van der Waals surface area contributed by atoms with Crippen molar-refractivity contribution in [2.75, 3.05) is 89.5 Å². The average Bonchev–Trinajstić information content (AvgIpc) is 2.75. The van der Waals surface area contributed by atoms with Crippen LogP contribution in [0.5, 0.6) is 0 Å². The quantitative estimate of drug-likeness (QED) is 0.649. The monoisotopic (exact) mass is 422 g/mol. The molecule has 10 nitrogen and oxygen atoms in total. The Hall–Kier alpha value is -2.40. The van der Waals surface area contributed by atoms with E-state index in [9.17, 15) is 9.59 Å². The Morgan fingerprint density at radius 2 is 1.23 bits per heavy atom. The minimum absolute atomic E-state index is 0.305. The molecule has 0 radical (unpaired) electrons. The molecule has 0 spiro atoms. The summed E-state index contributed by atoms with van der Waals surface area (Å²) in [6.45, 7) is 8.19. The molecule has 2 aliphatic rings. The van der Waals surface area contributed by atoms with Crippen LogP contribution in [0, 0.1) is 0 Å². The molecule has 0 aromatic heterocycles. The van der Waals surface area contributed by atoms with E-state index in [1.54, 1.807) is 24.3 Å². The average molecular weight is 422 g/mol. The van der Waals surface area contributed by atoms with Crippen molar-refractivity contribution in [1.82, 2.24) is 9.80 Å². The van der Waals surface area contributed by atoms with Gasteiger partial charge in [-0.2, -0.15) is 0 Å². The minimum atomic E-state index is -0.534. The smallest absolute Gasteiger partial charge is 0.411 e. The maximum Gasteiger partial charge on any atom is 0.411 e. The first kappa shape index (κ1) is 22.3. The topological polar surface area (TPSA) is 102 Å². The Bertz CT molecular complexity index is 624. The standard InChI is InChI=1S/C20H30N4O6/c25-19(29-14-8-23-4-10-27-11-5-23)21-17-2-1-3-18(16-17)22-20(26)30-15-9-24-6-12-28-13-7-24/h1-3,16H,4-15H2,(H,21,25)(H,22,26). The van der Waals surface area contributed by atoms with Crippen LogP contribution in [0.4, 0.5) is 21.0 Å². The Morgan fingerprint density at radius 3 is 1.67 bits per heavy atom. The Balaban J connectivity index is 1.33. The molecule has 0 saturated carbocycles. The molecule has 10 heteroatoms. The van der Waals surface area contributed by atoms with Gasteiger partial charge in [-0.25, -0.2) is 9.59 Å². The van der Waals surface area contributed by atoms with Crippen molar-refractivity contribution in [2.45, 2.75) is 0 Å². The summed E-state index contributed by atoms with van der Waals surface area (Å²) in [5.74, 6) is 0. The molecule has 1 aromatic rings. The molecule has 2 heterocycles. The van der Waals surface area contributed by atoms with Crippen LogP contribution in [-0.2, 0) is 18.9 Å². The van der Waals surface area contributed by atoms with Gasteiger partial charge in [-0.05, 0) is 18.2 Å². The lowest BCUT2D eigenvalue weighted by Gasteiger charge is -2.26. The van der Waals surface area contributed by atoms with E-state index in [4.69, 9.17) is 18.9 Å². The fourth-order valence-corrected chi connectivity index (χ4v) is 3.17. The van der Waals surface area contributed by atoms with Crippen LogP contribution in [-0.4, -0.2) is 101 Å².